The Morgan fingerprint density at radius 2 is 1.46 bits per heavy atom. The van der Waals surface area contributed by atoms with E-state index in [-0.39, 0.29) is 18.3 Å². The number of benzene rings is 3. The number of hydrazine groups is 1. The first-order valence-corrected chi connectivity index (χ1v) is 12.9. The molecule has 0 aliphatic heterocycles. The average molecular weight is 501 g/mol. The van der Waals surface area contributed by atoms with E-state index < -0.39 is 17.9 Å². The molecule has 194 valence electrons. The number of hydrogen-bond donors (Lipinski definition) is 2. The minimum atomic E-state index is -0.744. The molecule has 2 atom stereocenters. The fourth-order valence-corrected chi connectivity index (χ4v) is 4.29. The lowest BCUT2D eigenvalue weighted by atomic mass is 9.81. The molecule has 2 amide bonds. The molecule has 2 N–H and O–H groups in total. The lowest BCUT2D eigenvalue weighted by molar-refractivity contribution is -0.126. The summed E-state index contributed by atoms with van der Waals surface area (Å²) in [6.07, 6.45) is 2.91. The van der Waals surface area contributed by atoms with Crippen LogP contribution in [0, 0.1) is 5.92 Å². The normalized spacial score (nSPS) is 12.3. The molecule has 0 saturated heterocycles. The van der Waals surface area contributed by atoms with Crippen molar-refractivity contribution in [1.29, 1.82) is 0 Å². The van der Waals surface area contributed by atoms with Crippen LogP contribution in [0.1, 0.15) is 63.0 Å². The molecule has 0 bridgehead atoms. The van der Waals surface area contributed by atoms with Gasteiger partial charge in [0.05, 0.1) is 0 Å². The highest BCUT2D eigenvalue weighted by Crippen LogP contribution is 2.34. The van der Waals surface area contributed by atoms with E-state index in [4.69, 9.17) is 4.74 Å². The van der Waals surface area contributed by atoms with E-state index in [9.17, 15) is 14.4 Å². The molecule has 2 unspecified atom stereocenters. The van der Waals surface area contributed by atoms with Gasteiger partial charge in [-0.15, -0.1) is 0 Å². The second-order valence-electron chi connectivity index (χ2n) is 9.24. The Labute approximate surface area is 219 Å². The first-order chi connectivity index (χ1) is 18.0. The van der Waals surface area contributed by atoms with E-state index in [1.54, 1.807) is 6.92 Å². The number of carbonyl (C=O) groups excluding carboxylic acids is 3. The molecule has 0 saturated carbocycles. The summed E-state index contributed by atoms with van der Waals surface area (Å²) in [4.78, 5) is 38.3. The van der Waals surface area contributed by atoms with Crippen LogP contribution < -0.4 is 10.9 Å². The molecule has 6 nitrogen and oxygen atoms in total. The fraction of sp³-hybridized carbons (Fsp3) is 0.323. The summed E-state index contributed by atoms with van der Waals surface area (Å²) < 4.78 is 5.15. The largest absolute Gasteiger partial charge is 0.443 e. The number of ketones is 1. The molecular formula is C31H36N2O4. The van der Waals surface area contributed by atoms with Gasteiger partial charge in [-0.1, -0.05) is 112 Å². The Kier molecular flexibility index (Phi) is 10.9. The Hall–Kier alpha value is -3.93. The van der Waals surface area contributed by atoms with Crippen LogP contribution in [0.15, 0.2) is 84.9 Å². The van der Waals surface area contributed by atoms with Crippen LogP contribution in [0.2, 0.25) is 0 Å². The quantitative estimate of drug-likeness (QED) is 0.218. The smallest absolute Gasteiger partial charge is 0.426 e. The van der Waals surface area contributed by atoms with E-state index in [2.05, 4.69) is 17.8 Å². The predicted octanol–water partition coefficient (Wildman–Crippen LogP) is 6.57. The zero-order valence-electron chi connectivity index (χ0n) is 21.6. The number of Topliss-reactive ketones (excluding diaryl/α,β-unsaturated/α-hetero) is 1. The zero-order valence-corrected chi connectivity index (χ0v) is 21.6. The van der Waals surface area contributed by atoms with E-state index in [0.29, 0.717) is 12.8 Å². The van der Waals surface area contributed by atoms with Crippen LogP contribution >= 0.6 is 0 Å². The Balaban J connectivity index is 1.68. The van der Waals surface area contributed by atoms with Gasteiger partial charge in [-0.05, 0) is 35.1 Å². The van der Waals surface area contributed by atoms with Crippen molar-refractivity contribution in [2.75, 3.05) is 0 Å². The van der Waals surface area contributed by atoms with E-state index in [0.717, 1.165) is 41.5 Å². The summed E-state index contributed by atoms with van der Waals surface area (Å²) in [5.41, 5.74) is 8.54. The van der Waals surface area contributed by atoms with Gasteiger partial charge < -0.3 is 4.74 Å². The van der Waals surface area contributed by atoms with Crippen LogP contribution in [-0.4, -0.2) is 17.8 Å². The van der Waals surface area contributed by atoms with Crippen molar-refractivity contribution >= 4 is 17.8 Å². The first kappa shape index (κ1) is 27.7. The zero-order chi connectivity index (χ0) is 26.5. The van der Waals surface area contributed by atoms with Crippen molar-refractivity contribution < 1.29 is 19.1 Å². The van der Waals surface area contributed by atoms with E-state index in [1.807, 2.05) is 84.9 Å². The number of nitrogens with one attached hydrogen (secondary N) is 2. The Bertz CT molecular complexity index is 1150. The monoisotopic (exact) mass is 500 g/mol. The van der Waals surface area contributed by atoms with Crippen molar-refractivity contribution in [3.8, 4) is 11.1 Å². The van der Waals surface area contributed by atoms with Gasteiger partial charge in [-0.2, -0.15) is 0 Å². The summed E-state index contributed by atoms with van der Waals surface area (Å²) in [5, 5.41) is 0. The molecule has 3 aromatic rings. The van der Waals surface area contributed by atoms with Gasteiger partial charge in [0.15, 0.2) is 0 Å². The summed E-state index contributed by atoms with van der Waals surface area (Å²) in [6.45, 7) is 3.98. The van der Waals surface area contributed by atoms with Gasteiger partial charge in [0.25, 0.3) is 0 Å². The first-order valence-electron chi connectivity index (χ1n) is 12.9. The average Bonchev–Trinajstić information content (AvgIpc) is 2.94. The van der Waals surface area contributed by atoms with E-state index >= 15 is 0 Å². The van der Waals surface area contributed by atoms with Gasteiger partial charge in [-0.3, -0.25) is 15.0 Å². The molecule has 3 rings (SSSR count). The van der Waals surface area contributed by atoms with Crippen molar-refractivity contribution in [2.24, 2.45) is 5.92 Å². The maximum Gasteiger partial charge on any atom is 0.426 e. The minimum Gasteiger partial charge on any atom is -0.443 e. The molecule has 3 aromatic carbocycles. The number of unbranched alkanes of at least 4 members (excludes halogenated alkanes) is 2. The van der Waals surface area contributed by atoms with Crippen LogP contribution in [0.25, 0.3) is 11.1 Å². The molecule has 0 aromatic heterocycles. The van der Waals surface area contributed by atoms with Crippen molar-refractivity contribution in [1.82, 2.24) is 10.9 Å². The Morgan fingerprint density at radius 3 is 2.16 bits per heavy atom. The fourth-order valence-electron chi connectivity index (χ4n) is 4.29. The molecule has 0 heterocycles. The van der Waals surface area contributed by atoms with E-state index in [1.165, 1.54) is 0 Å². The molecule has 0 aliphatic rings. The van der Waals surface area contributed by atoms with Crippen molar-refractivity contribution in [3.05, 3.63) is 96.1 Å². The lowest BCUT2D eigenvalue weighted by Crippen LogP contribution is -2.44. The highest BCUT2D eigenvalue weighted by atomic mass is 16.6. The van der Waals surface area contributed by atoms with Crippen LogP contribution in [0.3, 0.4) is 0 Å². The molecule has 0 radical (unpaired) electrons. The van der Waals surface area contributed by atoms with Gasteiger partial charge in [0.1, 0.15) is 12.4 Å². The summed E-state index contributed by atoms with van der Waals surface area (Å²) >= 11 is 0. The van der Waals surface area contributed by atoms with Gasteiger partial charge in [0, 0.05) is 18.3 Å². The molecule has 6 heteroatoms. The SMILES string of the molecule is CCCCCC(=O)C(CC(C)C(=O)NNC(=O)OCc1ccccc1)c1ccccc1-c1ccccc1. The van der Waals surface area contributed by atoms with Crippen molar-refractivity contribution in [2.45, 2.75) is 58.5 Å². The van der Waals surface area contributed by atoms with Crippen molar-refractivity contribution in [3.63, 3.8) is 0 Å². The highest BCUT2D eigenvalue weighted by molar-refractivity contribution is 5.89. The molecular weight excluding hydrogens is 464 g/mol. The number of ether oxygens (including phenoxy) is 1. The predicted molar refractivity (Wildman–Crippen MR) is 145 cm³/mol. The highest BCUT2D eigenvalue weighted by Gasteiger charge is 2.28. The van der Waals surface area contributed by atoms with Gasteiger partial charge in [-0.25, -0.2) is 10.2 Å². The maximum atomic E-state index is 13.4. The number of carbonyl (C=O) groups is 3. The third-order valence-electron chi connectivity index (χ3n) is 6.37. The number of amides is 2. The third-order valence-corrected chi connectivity index (χ3v) is 6.37. The second-order valence-corrected chi connectivity index (χ2v) is 9.24. The molecule has 37 heavy (non-hydrogen) atoms. The summed E-state index contributed by atoms with van der Waals surface area (Å²) in [7, 11) is 0. The Morgan fingerprint density at radius 1 is 0.811 bits per heavy atom. The summed E-state index contributed by atoms with van der Waals surface area (Å²) in [6, 6.07) is 27.1. The topological polar surface area (TPSA) is 84.5 Å². The molecule has 0 aliphatic carbocycles. The number of rotatable bonds is 12. The van der Waals surface area contributed by atoms with Crippen LogP contribution in [0.5, 0.6) is 0 Å². The lowest BCUT2D eigenvalue weighted by Gasteiger charge is -2.23. The standard InChI is InChI=1S/C31H36N2O4/c1-3-4-7-20-29(34)28(27-19-13-12-18-26(27)25-16-10-6-11-17-25)21-23(2)30(35)32-33-31(36)37-22-24-14-8-5-9-15-24/h5-6,8-19,23,28H,3-4,7,20-22H2,1-2H3,(H,32,35)(H,33,36). The number of hydrogen-bond acceptors (Lipinski definition) is 4. The maximum absolute atomic E-state index is 13.4. The second kappa shape index (κ2) is 14.6. The van der Waals surface area contributed by atoms with Crippen LogP contribution in [0.4, 0.5) is 4.79 Å². The molecule has 0 fully saturated rings. The third kappa shape index (κ3) is 8.60. The van der Waals surface area contributed by atoms with Gasteiger partial charge in [0.2, 0.25) is 5.91 Å². The minimum absolute atomic E-state index is 0.0999. The summed E-state index contributed by atoms with van der Waals surface area (Å²) in [5.74, 6) is -1.19. The van der Waals surface area contributed by atoms with Crippen LogP contribution in [-0.2, 0) is 20.9 Å². The van der Waals surface area contributed by atoms with Gasteiger partial charge >= 0.3 is 6.09 Å². The molecule has 0 spiro atoms.